The minimum atomic E-state index is -1.12. The highest BCUT2D eigenvalue weighted by molar-refractivity contribution is 5.95. The Kier molecular flexibility index (Phi) is 4.96. The fourth-order valence-corrected chi connectivity index (χ4v) is 2.86. The number of ether oxygens (including phenoxy) is 1. The van der Waals surface area contributed by atoms with Gasteiger partial charge in [-0.3, -0.25) is 4.79 Å². The van der Waals surface area contributed by atoms with Crippen molar-refractivity contribution in [3.63, 3.8) is 0 Å². The monoisotopic (exact) mass is 329 g/mol. The zero-order chi connectivity index (χ0) is 16.9. The van der Waals surface area contributed by atoms with Crippen LogP contribution in [-0.2, 0) is 4.74 Å². The summed E-state index contributed by atoms with van der Waals surface area (Å²) < 4.78 is 10.5. The van der Waals surface area contributed by atoms with Gasteiger partial charge in [0.1, 0.15) is 6.26 Å². The molecule has 6 heteroatoms. The standard InChI is InChI=1S/C18H19NO5/c20-17(16-9-14(11-24-16)18(21)22)19-15(8-12-6-7-23-10-12)13-4-2-1-3-5-13/h1-5,9,11-12,15H,6-8,10H2,(H,19,20)(H,21,22). The van der Waals surface area contributed by atoms with Gasteiger partial charge in [0.25, 0.3) is 5.91 Å². The molecule has 6 nitrogen and oxygen atoms in total. The molecule has 3 rings (SSSR count). The van der Waals surface area contributed by atoms with Crippen LogP contribution in [0.4, 0.5) is 0 Å². The summed E-state index contributed by atoms with van der Waals surface area (Å²) in [5.74, 6) is -1.16. The summed E-state index contributed by atoms with van der Waals surface area (Å²) >= 11 is 0. The number of carbonyl (C=O) groups is 2. The molecular formula is C18H19NO5. The summed E-state index contributed by atoms with van der Waals surface area (Å²) in [6.07, 6.45) is 2.81. The molecule has 1 fully saturated rings. The molecule has 24 heavy (non-hydrogen) atoms. The van der Waals surface area contributed by atoms with Crippen molar-refractivity contribution in [2.24, 2.45) is 5.92 Å². The van der Waals surface area contributed by atoms with E-state index in [-0.39, 0.29) is 17.4 Å². The Labute approximate surface area is 139 Å². The number of amides is 1. The quantitative estimate of drug-likeness (QED) is 0.850. The van der Waals surface area contributed by atoms with Crippen molar-refractivity contribution < 1.29 is 23.8 Å². The van der Waals surface area contributed by atoms with Gasteiger partial charge < -0.3 is 19.6 Å². The van der Waals surface area contributed by atoms with Gasteiger partial charge >= 0.3 is 5.97 Å². The van der Waals surface area contributed by atoms with E-state index >= 15 is 0 Å². The second-order valence-corrected chi connectivity index (χ2v) is 5.91. The molecule has 2 heterocycles. The molecule has 1 aromatic carbocycles. The van der Waals surface area contributed by atoms with Crippen LogP contribution in [0.2, 0.25) is 0 Å². The highest BCUT2D eigenvalue weighted by Crippen LogP contribution is 2.27. The van der Waals surface area contributed by atoms with E-state index in [0.717, 1.165) is 31.3 Å². The zero-order valence-electron chi connectivity index (χ0n) is 13.1. The van der Waals surface area contributed by atoms with E-state index < -0.39 is 11.9 Å². The molecule has 126 valence electrons. The molecular weight excluding hydrogens is 310 g/mol. The fourth-order valence-electron chi connectivity index (χ4n) is 2.86. The van der Waals surface area contributed by atoms with Gasteiger partial charge in [0.05, 0.1) is 11.6 Å². The highest BCUT2D eigenvalue weighted by Gasteiger charge is 2.25. The summed E-state index contributed by atoms with van der Waals surface area (Å²) in [5, 5.41) is 11.9. The van der Waals surface area contributed by atoms with Crippen molar-refractivity contribution in [1.29, 1.82) is 0 Å². The van der Waals surface area contributed by atoms with Crippen LogP contribution in [0.1, 0.15) is 45.4 Å². The lowest BCUT2D eigenvalue weighted by Gasteiger charge is -2.21. The number of nitrogens with one attached hydrogen (secondary N) is 1. The Morgan fingerprint density at radius 3 is 2.71 bits per heavy atom. The van der Waals surface area contributed by atoms with Gasteiger partial charge in [-0.15, -0.1) is 0 Å². The number of hydrogen-bond acceptors (Lipinski definition) is 4. The number of rotatable bonds is 6. The van der Waals surface area contributed by atoms with Crippen molar-refractivity contribution in [1.82, 2.24) is 5.32 Å². The smallest absolute Gasteiger partial charge is 0.338 e. The summed E-state index contributed by atoms with van der Waals surface area (Å²) in [4.78, 5) is 23.3. The Bertz CT molecular complexity index is 703. The van der Waals surface area contributed by atoms with Crippen molar-refractivity contribution in [3.8, 4) is 0 Å². The minimum Gasteiger partial charge on any atom is -0.478 e. The van der Waals surface area contributed by atoms with Crippen LogP contribution in [0.15, 0.2) is 47.1 Å². The van der Waals surface area contributed by atoms with E-state index in [1.807, 2.05) is 30.3 Å². The first-order valence-electron chi connectivity index (χ1n) is 7.89. The van der Waals surface area contributed by atoms with Crippen LogP contribution in [-0.4, -0.2) is 30.2 Å². The van der Waals surface area contributed by atoms with Crippen LogP contribution in [0.5, 0.6) is 0 Å². The first-order chi connectivity index (χ1) is 11.6. The van der Waals surface area contributed by atoms with E-state index in [1.165, 1.54) is 6.07 Å². The van der Waals surface area contributed by atoms with Gasteiger partial charge in [0.2, 0.25) is 0 Å². The Morgan fingerprint density at radius 1 is 1.29 bits per heavy atom. The summed E-state index contributed by atoms with van der Waals surface area (Å²) in [5.41, 5.74) is 0.961. The third-order valence-corrected chi connectivity index (χ3v) is 4.17. The van der Waals surface area contributed by atoms with Gasteiger partial charge in [-0.2, -0.15) is 0 Å². The second kappa shape index (κ2) is 7.31. The maximum Gasteiger partial charge on any atom is 0.338 e. The highest BCUT2D eigenvalue weighted by atomic mass is 16.5. The van der Waals surface area contributed by atoms with Crippen molar-refractivity contribution in [2.75, 3.05) is 13.2 Å². The van der Waals surface area contributed by atoms with Crippen LogP contribution >= 0.6 is 0 Å². The molecule has 1 saturated heterocycles. The number of furan rings is 1. The van der Waals surface area contributed by atoms with Crippen LogP contribution in [0.3, 0.4) is 0 Å². The molecule has 1 amide bonds. The molecule has 2 atom stereocenters. The summed E-state index contributed by atoms with van der Waals surface area (Å²) in [6, 6.07) is 10.8. The molecule has 2 N–H and O–H groups in total. The predicted molar refractivity (Wildman–Crippen MR) is 85.9 cm³/mol. The third-order valence-electron chi connectivity index (χ3n) is 4.17. The number of carbonyl (C=O) groups excluding carboxylic acids is 1. The van der Waals surface area contributed by atoms with Gasteiger partial charge in [0, 0.05) is 19.3 Å². The van der Waals surface area contributed by atoms with Crippen molar-refractivity contribution in [3.05, 3.63) is 59.5 Å². The van der Waals surface area contributed by atoms with Crippen LogP contribution in [0.25, 0.3) is 0 Å². The molecule has 1 aliphatic heterocycles. The summed E-state index contributed by atoms with van der Waals surface area (Å²) in [6.45, 7) is 1.45. The van der Waals surface area contributed by atoms with Gasteiger partial charge in [-0.1, -0.05) is 30.3 Å². The fraction of sp³-hybridized carbons (Fsp3) is 0.333. The molecule has 0 aliphatic carbocycles. The lowest BCUT2D eigenvalue weighted by atomic mass is 9.94. The van der Waals surface area contributed by atoms with Crippen molar-refractivity contribution in [2.45, 2.75) is 18.9 Å². The van der Waals surface area contributed by atoms with E-state index in [1.54, 1.807) is 0 Å². The van der Waals surface area contributed by atoms with Gasteiger partial charge in [0.15, 0.2) is 5.76 Å². The first-order valence-corrected chi connectivity index (χ1v) is 7.89. The average molecular weight is 329 g/mol. The minimum absolute atomic E-state index is 0.00370. The largest absolute Gasteiger partial charge is 0.478 e. The predicted octanol–water partition coefficient (Wildman–Crippen LogP) is 2.88. The van der Waals surface area contributed by atoms with Crippen molar-refractivity contribution >= 4 is 11.9 Å². The van der Waals surface area contributed by atoms with E-state index in [4.69, 9.17) is 14.3 Å². The SMILES string of the molecule is O=C(O)c1coc(C(=O)NC(CC2CCOC2)c2ccccc2)c1. The molecule has 2 unspecified atom stereocenters. The maximum atomic E-state index is 12.4. The molecule has 0 bridgehead atoms. The lowest BCUT2D eigenvalue weighted by Crippen LogP contribution is -2.30. The third kappa shape index (κ3) is 3.83. The molecule has 0 spiro atoms. The number of carboxylic acid groups (broad SMARTS) is 1. The average Bonchev–Trinajstić information content (AvgIpc) is 3.26. The summed E-state index contributed by atoms with van der Waals surface area (Å²) in [7, 11) is 0. The Morgan fingerprint density at radius 2 is 2.08 bits per heavy atom. The van der Waals surface area contributed by atoms with E-state index in [0.29, 0.717) is 12.5 Å². The maximum absolute atomic E-state index is 12.4. The molecule has 1 aliphatic rings. The van der Waals surface area contributed by atoms with E-state index in [9.17, 15) is 9.59 Å². The van der Waals surface area contributed by atoms with Crippen LogP contribution in [0, 0.1) is 5.92 Å². The van der Waals surface area contributed by atoms with Gasteiger partial charge in [-0.25, -0.2) is 4.79 Å². The number of benzene rings is 1. The molecule has 0 saturated carbocycles. The lowest BCUT2D eigenvalue weighted by molar-refractivity contribution is 0.0695. The first kappa shape index (κ1) is 16.3. The Hall–Kier alpha value is -2.60. The normalized spacial score (nSPS) is 18.2. The number of hydrogen-bond donors (Lipinski definition) is 2. The number of aromatic carboxylic acids is 1. The van der Waals surface area contributed by atoms with Crippen LogP contribution < -0.4 is 5.32 Å². The second-order valence-electron chi connectivity index (χ2n) is 5.91. The van der Waals surface area contributed by atoms with Gasteiger partial charge in [-0.05, 0) is 24.3 Å². The zero-order valence-corrected chi connectivity index (χ0v) is 13.1. The molecule has 1 aromatic heterocycles. The topological polar surface area (TPSA) is 88.8 Å². The Balaban J connectivity index is 1.74. The molecule has 2 aromatic rings. The number of carboxylic acids is 1. The van der Waals surface area contributed by atoms with E-state index in [2.05, 4.69) is 5.32 Å². The molecule has 0 radical (unpaired) electrons.